The summed E-state index contributed by atoms with van der Waals surface area (Å²) in [6.07, 6.45) is 2.40. The normalized spacial score (nSPS) is 11.3. The first-order chi connectivity index (χ1) is 12.5. The summed E-state index contributed by atoms with van der Waals surface area (Å²) in [5.41, 5.74) is 5.45. The molecule has 6 nitrogen and oxygen atoms in total. The highest BCUT2D eigenvalue weighted by atomic mass is 16.1. The van der Waals surface area contributed by atoms with E-state index in [9.17, 15) is 4.79 Å². The molecule has 0 aliphatic rings. The second-order valence-corrected chi connectivity index (χ2v) is 6.78. The second-order valence-electron chi connectivity index (χ2n) is 6.78. The number of hydrogen-bond donors (Lipinski definition) is 1. The number of carbonyl (C=O) groups is 1. The minimum Gasteiger partial charge on any atom is -0.351 e. The minimum absolute atomic E-state index is 0.135. The van der Waals surface area contributed by atoms with Crippen molar-refractivity contribution < 1.29 is 4.79 Å². The van der Waals surface area contributed by atoms with Gasteiger partial charge in [-0.3, -0.25) is 4.79 Å². The molecule has 0 bridgehead atoms. The monoisotopic (exact) mass is 351 g/mol. The summed E-state index contributed by atoms with van der Waals surface area (Å²) in [7, 11) is 3.95. The van der Waals surface area contributed by atoms with E-state index < -0.39 is 0 Å². The highest BCUT2D eigenvalue weighted by Gasteiger charge is 2.18. The first kappa shape index (κ1) is 18.1. The van der Waals surface area contributed by atoms with Crippen molar-refractivity contribution in [1.29, 1.82) is 0 Å². The fourth-order valence-electron chi connectivity index (χ4n) is 3.02. The van der Waals surface area contributed by atoms with Crippen molar-refractivity contribution in [2.24, 2.45) is 0 Å². The van der Waals surface area contributed by atoms with Gasteiger partial charge < -0.3 is 10.2 Å². The van der Waals surface area contributed by atoms with Gasteiger partial charge >= 0.3 is 0 Å². The molecule has 1 N–H and O–H groups in total. The van der Waals surface area contributed by atoms with Crippen LogP contribution in [0.25, 0.3) is 5.65 Å². The Hall–Kier alpha value is -2.73. The Balaban J connectivity index is 1.90. The Morgan fingerprint density at radius 1 is 1.19 bits per heavy atom. The Morgan fingerprint density at radius 3 is 2.62 bits per heavy atom. The van der Waals surface area contributed by atoms with E-state index >= 15 is 0 Å². The van der Waals surface area contributed by atoms with Crippen molar-refractivity contribution in [3.8, 4) is 0 Å². The second kappa shape index (κ2) is 7.66. The molecule has 0 fully saturated rings. The number of fused-ring (bicyclic) bond motifs is 1. The molecule has 0 radical (unpaired) electrons. The van der Waals surface area contributed by atoms with Crippen molar-refractivity contribution in [3.63, 3.8) is 0 Å². The molecule has 2 heterocycles. The molecule has 1 aromatic carbocycles. The maximum absolute atomic E-state index is 12.5. The summed E-state index contributed by atoms with van der Waals surface area (Å²) in [5, 5.41) is 7.34. The summed E-state index contributed by atoms with van der Waals surface area (Å²) in [6, 6.07) is 10.3. The third kappa shape index (κ3) is 3.75. The van der Waals surface area contributed by atoms with Crippen LogP contribution in [0.3, 0.4) is 0 Å². The van der Waals surface area contributed by atoms with Crippen LogP contribution in [0.1, 0.15) is 32.9 Å². The van der Waals surface area contributed by atoms with Crippen LogP contribution in [0.5, 0.6) is 0 Å². The molecule has 0 saturated heterocycles. The molecular formula is C20H25N5O. The molecule has 0 spiro atoms. The van der Waals surface area contributed by atoms with E-state index in [-0.39, 0.29) is 5.91 Å². The largest absolute Gasteiger partial charge is 0.351 e. The zero-order chi connectivity index (χ0) is 18.7. The molecule has 136 valence electrons. The SMILES string of the molecule is Cc1nc2c(C(=O)NCCN(C)C)cnn2c(C)c1Cc1ccccc1. The van der Waals surface area contributed by atoms with Gasteiger partial charge in [0.05, 0.1) is 6.20 Å². The highest BCUT2D eigenvalue weighted by Crippen LogP contribution is 2.20. The lowest BCUT2D eigenvalue weighted by Crippen LogP contribution is -2.31. The average molecular weight is 351 g/mol. The number of amides is 1. The Bertz CT molecular complexity index is 915. The Kier molecular flexibility index (Phi) is 5.32. The Morgan fingerprint density at radius 2 is 1.92 bits per heavy atom. The van der Waals surface area contributed by atoms with Gasteiger partial charge in [-0.15, -0.1) is 0 Å². The fraction of sp³-hybridized carbons (Fsp3) is 0.350. The molecule has 2 aromatic heterocycles. The van der Waals surface area contributed by atoms with Crippen molar-refractivity contribution in [2.75, 3.05) is 27.2 Å². The van der Waals surface area contributed by atoms with Crippen molar-refractivity contribution in [2.45, 2.75) is 20.3 Å². The van der Waals surface area contributed by atoms with E-state index in [4.69, 9.17) is 0 Å². The molecule has 6 heteroatoms. The van der Waals surface area contributed by atoms with E-state index in [1.54, 1.807) is 10.7 Å². The first-order valence-electron chi connectivity index (χ1n) is 8.78. The lowest BCUT2D eigenvalue weighted by Gasteiger charge is -2.12. The molecule has 1 amide bonds. The molecule has 0 saturated carbocycles. The van der Waals surface area contributed by atoms with E-state index in [0.717, 1.165) is 29.9 Å². The molecule has 26 heavy (non-hydrogen) atoms. The summed E-state index contributed by atoms with van der Waals surface area (Å²) < 4.78 is 1.77. The Labute approximate surface area is 153 Å². The van der Waals surface area contributed by atoms with Crippen LogP contribution in [-0.2, 0) is 6.42 Å². The first-order valence-corrected chi connectivity index (χ1v) is 8.78. The van der Waals surface area contributed by atoms with Gasteiger partial charge in [0.15, 0.2) is 5.65 Å². The third-order valence-electron chi connectivity index (χ3n) is 4.52. The summed E-state index contributed by atoms with van der Waals surface area (Å²) in [5.74, 6) is -0.135. The van der Waals surface area contributed by atoms with E-state index in [1.165, 1.54) is 5.56 Å². The lowest BCUT2D eigenvalue weighted by molar-refractivity contribution is 0.0952. The number of aryl methyl sites for hydroxylation is 2. The highest BCUT2D eigenvalue weighted by molar-refractivity contribution is 5.99. The van der Waals surface area contributed by atoms with Crippen molar-refractivity contribution in [1.82, 2.24) is 24.8 Å². The van der Waals surface area contributed by atoms with Gasteiger partial charge in [0, 0.05) is 30.9 Å². The molecule has 0 unspecified atom stereocenters. The number of likely N-dealkylation sites (N-methyl/N-ethyl adjacent to an activating group) is 1. The van der Waals surface area contributed by atoms with Gasteiger partial charge in [0.25, 0.3) is 5.91 Å². The zero-order valence-electron chi connectivity index (χ0n) is 15.8. The molecule has 3 aromatic rings. The lowest BCUT2D eigenvalue weighted by atomic mass is 10.0. The predicted molar refractivity (Wildman–Crippen MR) is 103 cm³/mol. The standard InChI is InChI=1S/C20H25N5O/c1-14-17(12-16-8-6-5-7-9-16)15(2)25-19(23-14)18(13-22-25)20(26)21-10-11-24(3)4/h5-9,13H,10-12H2,1-4H3,(H,21,26). The van der Waals surface area contributed by atoms with Gasteiger partial charge in [0.1, 0.15) is 5.56 Å². The molecular weight excluding hydrogens is 326 g/mol. The van der Waals surface area contributed by atoms with Crippen LogP contribution in [-0.4, -0.2) is 52.6 Å². The zero-order valence-corrected chi connectivity index (χ0v) is 15.8. The maximum atomic E-state index is 12.5. The predicted octanol–water partition coefficient (Wildman–Crippen LogP) is 2.23. The van der Waals surface area contributed by atoms with E-state index in [2.05, 4.69) is 27.5 Å². The molecule has 0 aliphatic carbocycles. The summed E-state index contributed by atoms with van der Waals surface area (Å²) in [4.78, 5) is 19.2. The van der Waals surface area contributed by atoms with Gasteiger partial charge in [-0.05, 0) is 39.1 Å². The van der Waals surface area contributed by atoms with Crippen LogP contribution in [0, 0.1) is 13.8 Å². The average Bonchev–Trinajstić information content (AvgIpc) is 3.03. The summed E-state index contributed by atoms with van der Waals surface area (Å²) in [6.45, 7) is 5.40. The molecule has 3 rings (SSSR count). The minimum atomic E-state index is -0.135. The molecule has 0 aliphatic heterocycles. The van der Waals surface area contributed by atoms with Gasteiger partial charge in [-0.1, -0.05) is 30.3 Å². The number of nitrogens with one attached hydrogen (secondary N) is 1. The number of aromatic nitrogens is 3. The van der Waals surface area contributed by atoms with Crippen LogP contribution in [0.2, 0.25) is 0 Å². The number of hydrogen-bond acceptors (Lipinski definition) is 4. The smallest absolute Gasteiger partial charge is 0.256 e. The maximum Gasteiger partial charge on any atom is 0.256 e. The van der Waals surface area contributed by atoms with Crippen molar-refractivity contribution in [3.05, 3.63) is 64.6 Å². The van der Waals surface area contributed by atoms with E-state index in [1.807, 2.05) is 51.0 Å². The van der Waals surface area contributed by atoms with Crippen LogP contribution >= 0.6 is 0 Å². The van der Waals surface area contributed by atoms with Gasteiger partial charge in [-0.25, -0.2) is 9.50 Å². The summed E-state index contributed by atoms with van der Waals surface area (Å²) >= 11 is 0. The quantitative estimate of drug-likeness (QED) is 0.740. The van der Waals surface area contributed by atoms with Crippen LogP contribution < -0.4 is 5.32 Å². The van der Waals surface area contributed by atoms with Gasteiger partial charge in [0.2, 0.25) is 0 Å². The number of carbonyl (C=O) groups excluding carboxylic acids is 1. The van der Waals surface area contributed by atoms with E-state index in [0.29, 0.717) is 17.8 Å². The van der Waals surface area contributed by atoms with Crippen LogP contribution in [0.4, 0.5) is 0 Å². The van der Waals surface area contributed by atoms with Gasteiger partial charge in [-0.2, -0.15) is 5.10 Å². The molecule has 0 atom stereocenters. The fourth-order valence-corrected chi connectivity index (χ4v) is 3.02. The number of nitrogens with zero attached hydrogens (tertiary/aromatic N) is 4. The van der Waals surface area contributed by atoms with Crippen molar-refractivity contribution >= 4 is 11.6 Å². The third-order valence-corrected chi connectivity index (χ3v) is 4.52. The number of rotatable bonds is 6. The topological polar surface area (TPSA) is 62.5 Å². The number of benzene rings is 1. The van der Waals surface area contributed by atoms with Crippen LogP contribution in [0.15, 0.2) is 36.5 Å².